The highest BCUT2D eigenvalue weighted by atomic mass is 16.5. The van der Waals surface area contributed by atoms with Crippen molar-refractivity contribution in [3.63, 3.8) is 0 Å². The Bertz CT molecular complexity index is 1910. The van der Waals surface area contributed by atoms with Gasteiger partial charge in [0.25, 0.3) is 5.91 Å². The van der Waals surface area contributed by atoms with Gasteiger partial charge >= 0.3 is 12.1 Å². The first-order valence-corrected chi connectivity index (χ1v) is 21.2. The Kier molecular flexibility index (Phi) is 19.7. The van der Waals surface area contributed by atoms with Gasteiger partial charge < -0.3 is 41.4 Å². The fourth-order valence-electron chi connectivity index (χ4n) is 6.68. The molecule has 0 unspecified atom stereocenters. The highest BCUT2D eigenvalue weighted by Gasteiger charge is 2.31. The van der Waals surface area contributed by atoms with Gasteiger partial charge in [0.05, 0.1) is 7.11 Å². The fraction of sp³-hybridized carbons (Fsp3) is 0.457. The molecular formula is C46H60N6O9. The average molecular weight is 841 g/mol. The molecule has 3 aromatic rings. The van der Waals surface area contributed by atoms with Crippen molar-refractivity contribution in [2.75, 3.05) is 20.2 Å². The molecule has 0 aliphatic carbocycles. The Morgan fingerprint density at radius 3 is 2.20 bits per heavy atom. The second kappa shape index (κ2) is 25.4. The lowest BCUT2D eigenvalue weighted by Gasteiger charge is -2.25. The van der Waals surface area contributed by atoms with Crippen LogP contribution in [-0.2, 0) is 46.5 Å². The van der Waals surface area contributed by atoms with Gasteiger partial charge in [-0.3, -0.25) is 24.0 Å². The summed E-state index contributed by atoms with van der Waals surface area (Å²) < 4.78 is 10.1. The SMILES string of the molecule is CCCCc1ccc(-c2ccc(C(=O)N[C@@H](CCCCNC(=O)OCc3ccccc3)C(=O)N[C@H]3CCC(=O)NCCCC[C@@H](C(=O)OC)NC(=O)[C@H](C)NC3=O)cc2)cc1. The van der Waals surface area contributed by atoms with E-state index in [2.05, 4.69) is 63.1 Å². The number of amides is 6. The van der Waals surface area contributed by atoms with Crippen LogP contribution in [0.1, 0.15) is 99.5 Å². The van der Waals surface area contributed by atoms with Crippen molar-refractivity contribution in [3.05, 3.63) is 95.6 Å². The number of aryl methyl sites for hydroxylation is 1. The second-order valence-electron chi connectivity index (χ2n) is 15.1. The van der Waals surface area contributed by atoms with Crippen molar-refractivity contribution in [1.29, 1.82) is 0 Å². The van der Waals surface area contributed by atoms with Gasteiger partial charge in [0.2, 0.25) is 23.6 Å². The molecule has 3 aromatic carbocycles. The number of carbonyl (C=O) groups excluding carboxylic acids is 7. The van der Waals surface area contributed by atoms with Gasteiger partial charge in [-0.25, -0.2) is 9.59 Å². The minimum atomic E-state index is -1.26. The van der Waals surface area contributed by atoms with E-state index in [4.69, 9.17) is 9.47 Å². The number of hydrogen-bond acceptors (Lipinski definition) is 9. The molecule has 15 heteroatoms. The van der Waals surface area contributed by atoms with Crippen LogP contribution in [-0.4, -0.2) is 86.0 Å². The van der Waals surface area contributed by atoms with Crippen LogP contribution in [0.5, 0.6) is 0 Å². The van der Waals surface area contributed by atoms with Crippen LogP contribution in [0.2, 0.25) is 0 Å². The monoisotopic (exact) mass is 840 g/mol. The van der Waals surface area contributed by atoms with E-state index in [1.54, 1.807) is 12.1 Å². The van der Waals surface area contributed by atoms with Crippen LogP contribution in [0.3, 0.4) is 0 Å². The Balaban J connectivity index is 1.45. The number of ether oxygens (including phenoxy) is 2. The lowest BCUT2D eigenvalue weighted by atomic mass is 10.0. The molecule has 6 amide bonds. The number of benzene rings is 3. The maximum Gasteiger partial charge on any atom is 0.407 e. The normalized spacial score (nSPS) is 18.1. The number of rotatable bonds is 16. The minimum Gasteiger partial charge on any atom is -0.467 e. The van der Waals surface area contributed by atoms with Gasteiger partial charge in [-0.1, -0.05) is 80.1 Å². The zero-order valence-corrected chi connectivity index (χ0v) is 35.4. The Hall–Kier alpha value is -6.25. The topological polar surface area (TPSA) is 210 Å². The van der Waals surface area contributed by atoms with Crippen LogP contribution < -0.4 is 31.9 Å². The molecule has 328 valence electrons. The van der Waals surface area contributed by atoms with Gasteiger partial charge in [-0.15, -0.1) is 0 Å². The van der Waals surface area contributed by atoms with E-state index in [1.807, 2.05) is 42.5 Å². The first-order valence-electron chi connectivity index (χ1n) is 21.2. The van der Waals surface area contributed by atoms with Crippen LogP contribution in [0, 0.1) is 0 Å². The number of esters is 1. The predicted molar refractivity (Wildman–Crippen MR) is 230 cm³/mol. The summed E-state index contributed by atoms with van der Waals surface area (Å²) in [5.74, 6) is -3.53. The standard InChI is InChI=1S/C46H60N6O9/c1-4-5-13-32-18-20-34(21-19-32)35-22-24-36(25-23-35)42(55)50-37(16-9-12-29-48-46(59)61-30-33-14-7-6-8-15-33)44(57)51-38-26-27-40(53)47-28-11-10-17-39(45(58)60-3)52-41(54)31(2)49-43(38)56/h6-8,14-15,18-25,31,37-39H,4-5,9-13,16-17,26-30H2,1-3H3,(H,47,53)(H,48,59)(H,49,56)(H,50,55)(H,51,57)(H,52,54)/t31-,37-,38-,39-/m0/s1. The summed E-state index contributed by atoms with van der Waals surface area (Å²) in [5, 5.41) is 16.2. The van der Waals surface area contributed by atoms with Gasteiger partial charge in [0, 0.05) is 25.1 Å². The smallest absolute Gasteiger partial charge is 0.407 e. The summed E-state index contributed by atoms with van der Waals surface area (Å²) in [4.78, 5) is 91.8. The molecule has 1 saturated heterocycles. The molecule has 0 bridgehead atoms. The van der Waals surface area contributed by atoms with Gasteiger partial charge in [-0.05, 0) is 99.1 Å². The molecule has 1 aliphatic heterocycles. The van der Waals surface area contributed by atoms with E-state index >= 15 is 0 Å². The molecule has 0 spiro atoms. The zero-order chi connectivity index (χ0) is 44.0. The highest BCUT2D eigenvalue weighted by Crippen LogP contribution is 2.21. The fourth-order valence-corrected chi connectivity index (χ4v) is 6.68. The lowest BCUT2D eigenvalue weighted by Crippen LogP contribution is -2.57. The summed E-state index contributed by atoms with van der Waals surface area (Å²) in [6, 6.07) is 20.2. The molecule has 15 nitrogen and oxygen atoms in total. The molecule has 1 fully saturated rings. The lowest BCUT2D eigenvalue weighted by molar-refractivity contribution is -0.145. The summed E-state index contributed by atoms with van der Waals surface area (Å²) in [5.41, 5.74) is 4.35. The first-order chi connectivity index (χ1) is 29.5. The van der Waals surface area contributed by atoms with Crippen molar-refractivity contribution in [2.24, 2.45) is 0 Å². The molecule has 1 heterocycles. The Labute approximate surface area is 357 Å². The molecular weight excluding hydrogens is 781 g/mol. The van der Waals surface area contributed by atoms with Crippen molar-refractivity contribution in [3.8, 4) is 11.1 Å². The van der Waals surface area contributed by atoms with E-state index in [0.717, 1.165) is 36.0 Å². The van der Waals surface area contributed by atoms with Gasteiger partial charge in [0.1, 0.15) is 30.8 Å². The van der Waals surface area contributed by atoms with Crippen LogP contribution in [0.25, 0.3) is 11.1 Å². The maximum atomic E-state index is 14.0. The van der Waals surface area contributed by atoms with Crippen molar-refractivity contribution in [2.45, 2.75) is 115 Å². The van der Waals surface area contributed by atoms with Crippen molar-refractivity contribution >= 4 is 41.6 Å². The third kappa shape index (κ3) is 16.4. The number of alkyl carbamates (subject to hydrolysis) is 1. The molecule has 6 N–H and O–H groups in total. The zero-order valence-electron chi connectivity index (χ0n) is 35.4. The quantitative estimate of drug-likeness (QED) is 0.0877. The maximum absolute atomic E-state index is 14.0. The molecule has 0 aromatic heterocycles. The van der Waals surface area contributed by atoms with Crippen molar-refractivity contribution < 1.29 is 43.0 Å². The van der Waals surface area contributed by atoms with E-state index in [-0.39, 0.29) is 44.7 Å². The summed E-state index contributed by atoms with van der Waals surface area (Å²) >= 11 is 0. The minimum absolute atomic E-state index is 0.0980. The van der Waals surface area contributed by atoms with Gasteiger partial charge in [0.15, 0.2) is 0 Å². The number of nitrogens with one attached hydrogen (secondary N) is 6. The van der Waals surface area contributed by atoms with E-state index in [0.29, 0.717) is 37.8 Å². The van der Waals surface area contributed by atoms with Crippen molar-refractivity contribution in [1.82, 2.24) is 31.9 Å². The van der Waals surface area contributed by atoms with E-state index < -0.39 is 59.9 Å². The number of carbonyl (C=O) groups is 7. The van der Waals surface area contributed by atoms with E-state index in [1.165, 1.54) is 19.6 Å². The number of hydrogen-bond donors (Lipinski definition) is 6. The Morgan fingerprint density at radius 2 is 1.51 bits per heavy atom. The number of unbranched alkanes of at least 4 members (excludes halogenated alkanes) is 2. The third-order valence-electron chi connectivity index (χ3n) is 10.4. The van der Waals surface area contributed by atoms with Crippen LogP contribution >= 0.6 is 0 Å². The second-order valence-corrected chi connectivity index (χ2v) is 15.1. The Morgan fingerprint density at radius 1 is 0.803 bits per heavy atom. The number of methoxy groups -OCH3 is 1. The molecule has 4 rings (SSSR count). The van der Waals surface area contributed by atoms with Gasteiger partial charge in [-0.2, -0.15) is 0 Å². The summed E-state index contributed by atoms with van der Waals surface area (Å²) in [7, 11) is 1.21. The first kappa shape index (κ1) is 47.4. The van der Waals surface area contributed by atoms with E-state index in [9.17, 15) is 33.6 Å². The molecule has 0 radical (unpaired) electrons. The van der Waals surface area contributed by atoms with Crippen LogP contribution in [0.4, 0.5) is 4.79 Å². The van der Waals surface area contributed by atoms with Crippen LogP contribution in [0.15, 0.2) is 78.9 Å². The molecule has 0 saturated carbocycles. The predicted octanol–water partition coefficient (Wildman–Crippen LogP) is 4.62. The summed E-state index contributed by atoms with van der Waals surface area (Å²) in [6.07, 6.45) is 4.73. The molecule has 61 heavy (non-hydrogen) atoms. The highest BCUT2D eigenvalue weighted by molar-refractivity contribution is 5.99. The average Bonchev–Trinajstić information content (AvgIpc) is 3.27. The molecule has 4 atom stereocenters. The largest absolute Gasteiger partial charge is 0.467 e. The molecule has 1 aliphatic rings. The third-order valence-corrected chi connectivity index (χ3v) is 10.4. The summed E-state index contributed by atoms with van der Waals surface area (Å²) in [6.45, 7) is 4.26.